The normalized spacial score (nSPS) is 11.3. The Kier molecular flexibility index (Phi) is 3.33. The van der Waals surface area contributed by atoms with Gasteiger partial charge in [0.25, 0.3) is 0 Å². The topological polar surface area (TPSA) is 26.5 Å². The Hall–Kier alpha value is -2.43. The zero-order valence-electron chi connectivity index (χ0n) is 11.7. The highest BCUT2D eigenvalue weighted by atomic mass is 19.3. The lowest BCUT2D eigenvalue weighted by molar-refractivity contribution is -0.0494. The first kappa shape index (κ1) is 13.5. The van der Waals surface area contributed by atoms with Crippen molar-refractivity contribution in [3.8, 4) is 17.0 Å². The molecule has 2 heterocycles. The number of ether oxygens (including phenoxy) is 1. The maximum absolute atomic E-state index is 12.5. The number of hydrogen-bond acceptors (Lipinski definition) is 2. The number of imidazole rings is 1. The number of pyridine rings is 1. The molecule has 0 aliphatic heterocycles. The van der Waals surface area contributed by atoms with Gasteiger partial charge in [-0.2, -0.15) is 8.78 Å². The van der Waals surface area contributed by atoms with Crippen LogP contribution in [0.5, 0.6) is 5.75 Å². The van der Waals surface area contributed by atoms with Gasteiger partial charge in [-0.15, -0.1) is 0 Å². The van der Waals surface area contributed by atoms with Crippen molar-refractivity contribution in [1.29, 1.82) is 0 Å². The van der Waals surface area contributed by atoms with E-state index in [2.05, 4.69) is 9.72 Å². The van der Waals surface area contributed by atoms with E-state index in [4.69, 9.17) is 0 Å². The number of aromatic nitrogens is 2. The summed E-state index contributed by atoms with van der Waals surface area (Å²) in [5.41, 5.74) is 4.21. The van der Waals surface area contributed by atoms with Gasteiger partial charge in [-0.25, -0.2) is 4.98 Å². The average Bonchev–Trinajstić information content (AvgIpc) is 2.82. The van der Waals surface area contributed by atoms with E-state index >= 15 is 0 Å². The smallest absolute Gasteiger partial charge is 0.387 e. The molecule has 0 radical (unpaired) electrons. The molecule has 0 bridgehead atoms. The van der Waals surface area contributed by atoms with Crippen LogP contribution in [0.2, 0.25) is 0 Å². The number of fused-ring (bicyclic) bond motifs is 1. The van der Waals surface area contributed by atoms with Crippen molar-refractivity contribution in [2.24, 2.45) is 0 Å². The van der Waals surface area contributed by atoms with E-state index in [1.807, 2.05) is 30.4 Å². The summed E-state index contributed by atoms with van der Waals surface area (Å²) in [4.78, 5) is 4.36. The number of hydrogen-bond donors (Lipinski definition) is 0. The Balaban J connectivity index is 2.22. The molecule has 0 unspecified atom stereocenters. The summed E-state index contributed by atoms with van der Waals surface area (Å²) in [6.07, 6.45) is 1.68. The number of rotatable bonds is 3. The van der Waals surface area contributed by atoms with Gasteiger partial charge >= 0.3 is 6.61 Å². The molecule has 21 heavy (non-hydrogen) atoms. The highest BCUT2D eigenvalue weighted by molar-refractivity contribution is 5.70. The van der Waals surface area contributed by atoms with E-state index in [9.17, 15) is 8.78 Å². The predicted molar refractivity (Wildman–Crippen MR) is 76.7 cm³/mol. The average molecular weight is 288 g/mol. The summed E-state index contributed by atoms with van der Waals surface area (Å²) >= 11 is 0. The zero-order valence-corrected chi connectivity index (χ0v) is 11.7. The molecule has 0 aliphatic carbocycles. The maximum Gasteiger partial charge on any atom is 0.387 e. The van der Waals surface area contributed by atoms with Crippen molar-refractivity contribution in [3.63, 3.8) is 0 Å². The highest BCUT2D eigenvalue weighted by Gasteiger charge is 2.15. The number of benzene rings is 1. The predicted octanol–water partition coefficient (Wildman–Crippen LogP) is 4.22. The Bertz CT molecular complexity index is 796. The third-order valence-corrected chi connectivity index (χ3v) is 3.31. The number of para-hydroxylation sites is 1. The van der Waals surface area contributed by atoms with Crippen molar-refractivity contribution in [3.05, 3.63) is 53.9 Å². The Labute approximate surface area is 120 Å². The largest absolute Gasteiger partial charge is 0.434 e. The van der Waals surface area contributed by atoms with Crippen LogP contribution >= 0.6 is 0 Å². The van der Waals surface area contributed by atoms with Crippen molar-refractivity contribution >= 4 is 5.65 Å². The number of aryl methyl sites for hydroxylation is 2. The van der Waals surface area contributed by atoms with Crippen LogP contribution in [0.1, 0.15) is 11.3 Å². The van der Waals surface area contributed by atoms with Crippen LogP contribution in [0.15, 0.2) is 42.6 Å². The summed E-state index contributed by atoms with van der Waals surface area (Å²) < 4.78 is 31.6. The summed E-state index contributed by atoms with van der Waals surface area (Å²) in [6.45, 7) is 1.10. The molecule has 5 heteroatoms. The molecule has 0 aliphatic rings. The molecule has 0 fully saturated rings. The molecule has 1 aromatic carbocycles. The Morgan fingerprint density at radius 2 is 1.90 bits per heavy atom. The molecule has 0 saturated carbocycles. The van der Waals surface area contributed by atoms with E-state index in [1.54, 1.807) is 24.4 Å². The summed E-state index contributed by atoms with van der Waals surface area (Å²) in [5.74, 6) is 0.147. The summed E-state index contributed by atoms with van der Waals surface area (Å²) in [5, 5.41) is 0. The van der Waals surface area contributed by atoms with E-state index in [0.29, 0.717) is 5.56 Å². The van der Waals surface area contributed by atoms with Gasteiger partial charge in [0.15, 0.2) is 0 Å². The van der Waals surface area contributed by atoms with Gasteiger partial charge in [0.2, 0.25) is 0 Å². The quantitative estimate of drug-likeness (QED) is 0.721. The molecular weight excluding hydrogens is 274 g/mol. The van der Waals surface area contributed by atoms with Crippen LogP contribution < -0.4 is 4.74 Å². The maximum atomic E-state index is 12.5. The second-order valence-corrected chi connectivity index (χ2v) is 4.89. The second kappa shape index (κ2) is 5.16. The van der Waals surface area contributed by atoms with Gasteiger partial charge in [0, 0.05) is 11.3 Å². The molecule has 0 amide bonds. The summed E-state index contributed by atoms with van der Waals surface area (Å²) in [7, 11) is 0. The molecule has 0 atom stereocenters. The Morgan fingerprint density at radius 1 is 1.14 bits per heavy atom. The third kappa shape index (κ3) is 2.46. The SMILES string of the molecule is Cc1cc(C)n2c(-c3ccccc3OC(F)F)cnc2c1. The minimum Gasteiger partial charge on any atom is -0.434 e. The van der Waals surface area contributed by atoms with Crippen molar-refractivity contribution < 1.29 is 13.5 Å². The molecule has 3 nitrogen and oxygen atoms in total. The fourth-order valence-corrected chi connectivity index (χ4v) is 2.54. The van der Waals surface area contributed by atoms with Gasteiger partial charge in [-0.3, -0.25) is 4.40 Å². The van der Waals surface area contributed by atoms with Crippen LogP contribution in [-0.2, 0) is 0 Å². The number of halogens is 2. The molecular formula is C16H14F2N2O. The van der Waals surface area contributed by atoms with E-state index < -0.39 is 6.61 Å². The van der Waals surface area contributed by atoms with E-state index in [0.717, 1.165) is 22.6 Å². The van der Waals surface area contributed by atoms with Gasteiger partial charge in [0.1, 0.15) is 11.4 Å². The van der Waals surface area contributed by atoms with Gasteiger partial charge in [-0.05, 0) is 43.7 Å². The van der Waals surface area contributed by atoms with Crippen LogP contribution in [0.25, 0.3) is 16.9 Å². The van der Waals surface area contributed by atoms with Crippen molar-refractivity contribution in [2.45, 2.75) is 20.5 Å². The molecule has 3 aromatic rings. The Morgan fingerprint density at radius 3 is 2.67 bits per heavy atom. The number of alkyl halides is 2. The van der Waals surface area contributed by atoms with E-state index in [-0.39, 0.29) is 5.75 Å². The third-order valence-electron chi connectivity index (χ3n) is 3.31. The highest BCUT2D eigenvalue weighted by Crippen LogP contribution is 2.32. The van der Waals surface area contributed by atoms with Crippen LogP contribution in [0.4, 0.5) is 8.78 Å². The zero-order chi connectivity index (χ0) is 15.0. The fourth-order valence-electron chi connectivity index (χ4n) is 2.54. The van der Waals surface area contributed by atoms with Crippen LogP contribution in [0, 0.1) is 13.8 Å². The number of nitrogens with zero attached hydrogens (tertiary/aromatic N) is 2. The monoisotopic (exact) mass is 288 g/mol. The molecule has 2 aromatic heterocycles. The minimum absolute atomic E-state index is 0.147. The van der Waals surface area contributed by atoms with Crippen molar-refractivity contribution in [1.82, 2.24) is 9.38 Å². The van der Waals surface area contributed by atoms with Gasteiger partial charge < -0.3 is 4.74 Å². The van der Waals surface area contributed by atoms with Gasteiger partial charge in [0.05, 0.1) is 11.9 Å². The molecule has 0 N–H and O–H groups in total. The second-order valence-electron chi connectivity index (χ2n) is 4.89. The standard InChI is InChI=1S/C16H14F2N2O/c1-10-7-11(2)20-13(9-19-15(20)8-10)12-5-3-4-6-14(12)21-16(17)18/h3-9,16H,1-2H3. The molecule has 0 spiro atoms. The minimum atomic E-state index is -2.85. The lowest BCUT2D eigenvalue weighted by atomic mass is 10.1. The van der Waals surface area contributed by atoms with E-state index in [1.165, 1.54) is 6.07 Å². The molecule has 108 valence electrons. The van der Waals surface area contributed by atoms with Crippen molar-refractivity contribution in [2.75, 3.05) is 0 Å². The lowest BCUT2D eigenvalue weighted by Gasteiger charge is -2.11. The van der Waals surface area contributed by atoms with Crippen LogP contribution in [0.3, 0.4) is 0 Å². The lowest BCUT2D eigenvalue weighted by Crippen LogP contribution is -2.04. The first-order valence-electron chi connectivity index (χ1n) is 6.55. The molecule has 0 saturated heterocycles. The molecule has 3 rings (SSSR count). The van der Waals surface area contributed by atoms with Crippen LogP contribution in [-0.4, -0.2) is 16.0 Å². The first-order chi connectivity index (χ1) is 10.1. The first-order valence-corrected chi connectivity index (χ1v) is 6.55. The summed E-state index contributed by atoms with van der Waals surface area (Å²) in [6, 6.07) is 10.7. The fraction of sp³-hybridized carbons (Fsp3) is 0.188. The van der Waals surface area contributed by atoms with Gasteiger partial charge in [-0.1, -0.05) is 12.1 Å².